The monoisotopic (exact) mass is 494 g/mol. The zero-order valence-electron chi connectivity index (χ0n) is 20.1. The van der Waals surface area contributed by atoms with Crippen molar-refractivity contribution in [1.82, 2.24) is 30.5 Å². The number of fused-ring (bicyclic) bond motifs is 1. The number of amides is 1. The minimum absolute atomic E-state index is 0.0789. The number of carbonyl (C=O) groups excluding carboxylic acids is 1. The van der Waals surface area contributed by atoms with Gasteiger partial charge in [-0.1, -0.05) is 11.6 Å². The van der Waals surface area contributed by atoms with E-state index in [1.54, 1.807) is 17.0 Å². The van der Waals surface area contributed by atoms with Crippen molar-refractivity contribution in [2.75, 3.05) is 13.1 Å². The number of benzene rings is 1. The second-order valence-corrected chi connectivity index (χ2v) is 9.90. The molecule has 1 amide bonds. The van der Waals surface area contributed by atoms with Crippen LogP contribution < -0.4 is 16.0 Å². The number of ether oxygens (including phenoxy) is 1. The van der Waals surface area contributed by atoms with Crippen LogP contribution in [-0.2, 0) is 22.5 Å². The van der Waals surface area contributed by atoms with Crippen molar-refractivity contribution in [3.63, 3.8) is 0 Å². The van der Waals surface area contributed by atoms with Gasteiger partial charge in [-0.25, -0.2) is 9.50 Å². The van der Waals surface area contributed by atoms with Gasteiger partial charge in [-0.3, -0.25) is 4.79 Å². The molecule has 35 heavy (non-hydrogen) atoms. The summed E-state index contributed by atoms with van der Waals surface area (Å²) in [5.41, 5.74) is 5.87. The summed E-state index contributed by atoms with van der Waals surface area (Å²) in [6.45, 7) is 6.24. The molecule has 1 saturated heterocycles. The van der Waals surface area contributed by atoms with E-state index in [-0.39, 0.29) is 18.1 Å². The van der Waals surface area contributed by atoms with Crippen molar-refractivity contribution in [1.29, 1.82) is 0 Å². The third kappa shape index (κ3) is 5.83. The standard InChI is InChI=1S/C26H31ClN6O2/c1-16-7-19(27)9-23(22(16)10-21-13-28-11-17(2)35-21)26-24-8-18(14-33(24)32-15-31-26)12-30-25(34)5-6-29-20-3-4-20/h5-9,14-15,17,20-21,28-29H,3-4,10-13H2,1-2H3,(H,30,34)/b6-5-/t17-,21?/m0/s1. The van der Waals surface area contributed by atoms with Crippen LogP contribution in [0.25, 0.3) is 16.8 Å². The molecule has 2 aromatic heterocycles. The van der Waals surface area contributed by atoms with Gasteiger partial charge in [0.15, 0.2) is 0 Å². The average molecular weight is 495 g/mol. The highest BCUT2D eigenvalue weighted by molar-refractivity contribution is 6.31. The van der Waals surface area contributed by atoms with Gasteiger partial charge in [0.25, 0.3) is 0 Å². The SMILES string of the molecule is Cc1cc(Cl)cc(-c2ncnn3cc(CNC(=O)/C=C\NC4CC4)cc23)c1CC1CNC[C@H](C)O1. The average Bonchev–Trinajstić information content (AvgIpc) is 3.55. The zero-order valence-corrected chi connectivity index (χ0v) is 20.8. The van der Waals surface area contributed by atoms with Crippen LogP contribution in [-0.4, -0.2) is 51.8 Å². The topological polar surface area (TPSA) is 92.6 Å². The molecule has 0 bridgehead atoms. The number of hydrogen-bond donors (Lipinski definition) is 3. The summed E-state index contributed by atoms with van der Waals surface area (Å²) in [6, 6.07) is 6.50. The van der Waals surface area contributed by atoms with E-state index >= 15 is 0 Å². The van der Waals surface area contributed by atoms with Crippen LogP contribution in [0.3, 0.4) is 0 Å². The number of nitrogens with one attached hydrogen (secondary N) is 3. The Balaban J connectivity index is 1.39. The molecule has 2 atom stereocenters. The summed E-state index contributed by atoms with van der Waals surface area (Å²) in [5, 5.41) is 14.6. The van der Waals surface area contributed by atoms with Gasteiger partial charge in [0.05, 0.1) is 23.4 Å². The lowest BCUT2D eigenvalue weighted by Gasteiger charge is -2.30. The van der Waals surface area contributed by atoms with E-state index in [2.05, 4.69) is 39.9 Å². The minimum Gasteiger partial charge on any atom is -0.388 e. The molecule has 9 heteroatoms. The van der Waals surface area contributed by atoms with E-state index in [1.807, 2.05) is 24.4 Å². The number of hydrogen-bond acceptors (Lipinski definition) is 6. The van der Waals surface area contributed by atoms with Gasteiger partial charge in [-0.15, -0.1) is 0 Å². The molecule has 3 heterocycles. The molecule has 184 valence electrons. The highest BCUT2D eigenvalue weighted by Gasteiger charge is 2.23. The molecule has 1 aliphatic heterocycles. The fraction of sp³-hybridized carbons (Fsp3) is 0.423. The molecule has 1 aromatic carbocycles. The van der Waals surface area contributed by atoms with Gasteiger partial charge in [-0.2, -0.15) is 5.10 Å². The van der Waals surface area contributed by atoms with Crippen molar-refractivity contribution in [2.24, 2.45) is 0 Å². The summed E-state index contributed by atoms with van der Waals surface area (Å²) >= 11 is 6.49. The van der Waals surface area contributed by atoms with Crippen molar-refractivity contribution in [3.05, 3.63) is 64.7 Å². The van der Waals surface area contributed by atoms with Crippen molar-refractivity contribution in [2.45, 2.75) is 57.9 Å². The Morgan fingerprint density at radius 1 is 1.31 bits per heavy atom. The first-order valence-electron chi connectivity index (χ1n) is 12.1. The van der Waals surface area contributed by atoms with Crippen molar-refractivity contribution >= 4 is 23.0 Å². The lowest BCUT2D eigenvalue weighted by molar-refractivity contribution is -0.116. The second kappa shape index (κ2) is 10.4. The van der Waals surface area contributed by atoms with Crippen molar-refractivity contribution in [3.8, 4) is 11.3 Å². The fourth-order valence-electron chi connectivity index (χ4n) is 4.52. The summed E-state index contributed by atoms with van der Waals surface area (Å²) in [5.74, 6) is -0.136. The maximum atomic E-state index is 12.1. The zero-order chi connectivity index (χ0) is 24.4. The van der Waals surface area contributed by atoms with E-state index in [4.69, 9.17) is 16.3 Å². The predicted octanol–water partition coefficient (Wildman–Crippen LogP) is 3.16. The maximum Gasteiger partial charge on any atom is 0.245 e. The normalized spacial score (nSPS) is 20.4. The number of nitrogens with zero attached hydrogens (tertiary/aromatic N) is 3. The molecular weight excluding hydrogens is 464 g/mol. The number of halogens is 1. The van der Waals surface area contributed by atoms with Crippen LogP contribution in [0, 0.1) is 6.92 Å². The first-order valence-corrected chi connectivity index (χ1v) is 12.5. The van der Waals surface area contributed by atoms with Crippen LogP contribution in [0.2, 0.25) is 5.02 Å². The van der Waals surface area contributed by atoms with E-state index in [0.717, 1.165) is 47.4 Å². The summed E-state index contributed by atoms with van der Waals surface area (Å²) in [6.07, 6.45) is 10.1. The molecule has 2 aliphatic rings. The molecular formula is C26H31ClN6O2. The third-order valence-corrected chi connectivity index (χ3v) is 6.64. The highest BCUT2D eigenvalue weighted by atomic mass is 35.5. The lowest BCUT2D eigenvalue weighted by Crippen LogP contribution is -2.44. The number of rotatable bonds is 8. The van der Waals surface area contributed by atoms with E-state index < -0.39 is 0 Å². The largest absolute Gasteiger partial charge is 0.388 e. The molecule has 3 aromatic rings. The second-order valence-electron chi connectivity index (χ2n) is 9.46. The quantitative estimate of drug-likeness (QED) is 0.417. The van der Waals surface area contributed by atoms with Gasteiger partial charge in [0.1, 0.15) is 6.33 Å². The Morgan fingerprint density at radius 3 is 2.97 bits per heavy atom. The van der Waals surface area contributed by atoms with Crippen LogP contribution in [0.5, 0.6) is 0 Å². The van der Waals surface area contributed by atoms with Gasteiger partial charge in [-0.05, 0) is 61.6 Å². The Labute approximate surface area is 210 Å². The number of aromatic nitrogens is 3. The summed E-state index contributed by atoms with van der Waals surface area (Å²) < 4.78 is 7.97. The predicted molar refractivity (Wildman–Crippen MR) is 136 cm³/mol. The Kier molecular flexibility index (Phi) is 7.04. The fourth-order valence-corrected chi connectivity index (χ4v) is 4.79. The molecule has 0 spiro atoms. The summed E-state index contributed by atoms with van der Waals surface area (Å²) in [7, 11) is 0. The molecule has 1 unspecified atom stereocenters. The molecule has 1 aliphatic carbocycles. The van der Waals surface area contributed by atoms with E-state index in [1.165, 1.54) is 24.5 Å². The third-order valence-electron chi connectivity index (χ3n) is 6.43. The van der Waals surface area contributed by atoms with Gasteiger partial charge < -0.3 is 20.7 Å². The first kappa shape index (κ1) is 23.8. The Hall–Kier alpha value is -2.94. The Morgan fingerprint density at radius 2 is 2.17 bits per heavy atom. The lowest BCUT2D eigenvalue weighted by atomic mass is 9.93. The molecule has 3 N–H and O–H groups in total. The smallest absolute Gasteiger partial charge is 0.245 e. The van der Waals surface area contributed by atoms with Crippen LogP contribution >= 0.6 is 11.6 Å². The first-order chi connectivity index (χ1) is 17.0. The number of aryl methyl sites for hydroxylation is 1. The number of morpholine rings is 1. The van der Waals surface area contributed by atoms with Crippen LogP contribution in [0.15, 0.2) is 43.0 Å². The number of carbonyl (C=O) groups is 1. The maximum absolute atomic E-state index is 12.1. The summed E-state index contributed by atoms with van der Waals surface area (Å²) in [4.78, 5) is 16.8. The van der Waals surface area contributed by atoms with E-state index in [9.17, 15) is 4.79 Å². The van der Waals surface area contributed by atoms with Gasteiger partial charge >= 0.3 is 0 Å². The molecule has 8 nitrogen and oxygen atoms in total. The highest BCUT2D eigenvalue weighted by Crippen LogP contribution is 2.33. The molecule has 1 saturated carbocycles. The van der Waals surface area contributed by atoms with E-state index in [0.29, 0.717) is 17.6 Å². The molecule has 0 radical (unpaired) electrons. The van der Waals surface area contributed by atoms with Crippen LogP contribution in [0.4, 0.5) is 0 Å². The van der Waals surface area contributed by atoms with Crippen LogP contribution in [0.1, 0.15) is 36.5 Å². The van der Waals surface area contributed by atoms with Crippen molar-refractivity contribution < 1.29 is 9.53 Å². The molecule has 5 rings (SSSR count). The molecule has 2 fully saturated rings. The van der Waals surface area contributed by atoms with Gasteiger partial charge in [0.2, 0.25) is 5.91 Å². The Bertz CT molecular complexity index is 1250. The minimum atomic E-state index is -0.136. The van der Waals surface area contributed by atoms with Gasteiger partial charge in [0, 0.05) is 61.2 Å².